The first-order chi connectivity index (χ1) is 15.7. The van der Waals surface area contributed by atoms with E-state index in [0.29, 0.717) is 24.3 Å². The fourth-order valence-corrected chi connectivity index (χ4v) is 4.74. The first kappa shape index (κ1) is 22.3. The topological polar surface area (TPSA) is 54.9 Å². The van der Waals surface area contributed by atoms with E-state index in [0.717, 1.165) is 54.6 Å². The molecular weight excluding hydrogens is 422 g/mol. The number of ether oxygens (including phenoxy) is 2. The largest absolute Gasteiger partial charge is 0.493 e. The number of thiazole rings is 1. The van der Waals surface area contributed by atoms with Crippen molar-refractivity contribution < 1.29 is 14.3 Å². The van der Waals surface area contributed by atoms with E-state index in [1.807, 2.05) is 41.3 Å². The third kappa shape index (κ3) is 5.47. The Morgan fingerprint density at radius 2 is 1.75 bits per heavy atom. The Bertz CT molecular complexity index is 1030. The van der Waals surface area contributed by atoms with Crippen molar-refractivity contribution >= 4 is 17.2 Å². The summed E-state index contributed by atoms with van der Waals surface area (Å²) in [5.74, 6) is 1.61. The number of amides is 1. The molecule has 0 aliphatic carbocycles. The Balaban J connectivity index is 1.24. The Hall–Kier alpha value is -2.90. The second-order valence-electron chi connectivity index (χ2n) is 7.86. The van der Waals surface area contributed by atoms with E-state index >= 15 is 0 Å². The molecule has 0 N–H and O–H groups in total. The van der Waals surface area contributed by atoms with Gasteiger partial charge < -0.3 is 14.4 Å². The van der Waals surface area contributed by atoms with E-state index < -0.39 is 0 Å². The molecule has 6 nitrogen and oxygen atoms in total. The molecule has 3 aromatic rings. The van der Waals surface area contributed by atoms with Gasteiger partial charge in [0.05, 0.1) is 19.9 Å². The van der Waals surface area contributed by atoms with Crippen LogP contribution in [0, 0.1) is 0 Å². The van der Waals surface area contributed by atoms with Crippen LogP contribution in [0.3, 0.4) is 0 Å². The van der Waals surface area contributed by atoms with Crippen molar-refractivity contribution in [3.05, 3.63) is 65.2 Å². The standard InChI is InChI=1S/C25H29N3O3S/c1-30-22-10-8-19(16-23(22)31-2)9-11-24(29)28-14-12-27(13-15-28)17-21-18-32-25(26-21)20-6-4-3-5-7-20/h3-8,10,16,18H,9,11-15,17H2,1-2H3. The number of benzene rings is 2. The van der Waals surface area contributed by atoms with Crippen molar-refractivity contribution in [2.24, 2.45) is 0 Å². The highest BCUT2D eigenvalue weighted by atomic mass is 32.1. The number of hydrogen-bond acceptors (Lipinski definition) is 6. The summed E-state index contributed by atoms with van der Waals surface area (Å²) >= 11 is 1.69. The van der Waals surface area contributed by atoms with Gasteiger partial charge in [-0.05, 0) is 24.1 Å². The maximum absolute atomic E-state index is 12.7. The summed E-state index contributed by atoms with van der Waals surface area (Å²) < 4.78 is 10.6. The van der Waals surface area contributed by atoms with Crippen LogP contribution in [0.4, 0.5) is 0 Å². The van der Waals surface area contributed by atoms with Crippen molar-refractivity contribution in [1.29, 1.82) is 0 Å². The van der Waals surface area contributed by atoms with Gasteiger partial charge in [-0.1, -0.05) is 36.4 Å². The number of aryl methyl sites for hydroxylation is 1. The molecule has 1 aliphatic heterocycles. The Labute approximate surface area is 193 Å². The van der Waals surface area contributed by atoms with Crippen LogP contribution in [0.5, 0.6) is 11.5 Å². The lowest BCUT2D eigenvalue weighted by molar-refractivity contribution is -0.133. The molecular formula is C25H29N3O3S. The molecule has 0 radical (unpaired) electrons. The van der Waals surface area contributed by atoms with Crippen LogP contribution >= 0.6 is 11.3 Å². The van der Waals surface area contributed by atoms with Crippen molar-refractivity contribution in [3.8, 4) is 22.1 Å². The highest BCUT2D eigenvalue weighted by Crippen LogP contribution is 2.28. The van der Waals surface area contributed by atoms with Crippen LogP contribution in [-0.4, -0.2) is 61.1 Å². The van der Waals surface area contributed by atoms with Crippen molar-refractivity contribution in [1.82, 2.24) is 14.8 Å². The lowest BCUT2D eigenvalue weighted by Gasteiger charge is -2.34. The molecule has 2 aromatic carbocycles. The van der Waals surface area contributed by atoms with Crippen LogP contribution in [0.25, 0.3) is 10.6 Å². The summed E-state index contributed by atoms with van der Waals surface area (Å²) in [7, 11) is 3.25. The predicted molar refractivity (Wildman–Crippen MR) is 127 cm³/mol. The van der Waals surface area contributed by atoms with Crippen LogP contribution in [0.15, 0.2) is 53.9 Å². The van der Waals surface area contributed by atoms with E-state index in [1.54, 1.807) is 25.6 Å². The van der Waals surface area contributed by atoms with Crippen LogP contribution in [0.1, 0.15) is 17.7 Å². The van der Waals surface area contributed by atoms with Gasteiger partial charge >= 0.3 is 0 Å². The first-order valence-electron chi connectivity index (χ1n) is 10.9. The first-order valence-corrected chi connectivity index (χ1v) is 11.7. The number of rotatable bonds is 8. The minimum atomic E-state index is 0.208. The lowest BCUT2D eigenvalue weighted by atomic mass is 10.1. The van der Waals surface area contributed by atoms with Gasteiger partial charge in [-0.2, -0.15) is 0 Å². The molecule has 1 fully saturated rings. The van der Waals surface area contributed by atoms with Crippen LogP contribution < -0.4 is 9.47 Å². The monoisotopic (exact) mass is 451 g/mol. The molecule has 0 bridgehead atoms. The average molecular weight is 452 g/mol. The molecule has 32 heavy (non-hydrogen) atoms. The number of carbonyl (C=O) groups is 1. The summed E-state index contributed by atoms with van der Waals surface area (Å²) in [6.45, 7) is 4.11. The Kier molecular flexibility index (Phi) is 7.39. The quantitative estimate of drug-likeness (QED) is 0.516. The summed E-state index contributed by atoms with van der Waals surface area (Å²) in [5.41, 5.74) is 3.34. The van der Waals surface area contributed by atoms with Crippen molar-refractivity contribution in [2.75, 3.05) is 40.4 Å². The van der Waals surface area contributed by atoms with Gasteiger partial charge in [0.2, 0.25) is 5.91 Å². The summed E-state index contributed by atoms with van der Waals surface area (Å²) in [4.78, 5) is 21.9. The molecule has 0 atom stereocenters. The molecule has 0 spiro atoms. The van der Waals surface area contributed by atoms with Crippen LogP contribution in [-0.2, 0) is 17.8 Å². The van der Waals surface area contributed by atoms with Gasteiger partial charge in [0.25, 0.3) is 0 Å². The molecule has 1 amide bonds. The number of piperazine rings is 1. The minimum absolute atomic E-state index is 0.208. The molecule has 1 saturated heterocycles. The predicted octanol–water partition coefficient (Wildman–Crippen LogP) is 4.10. The number of hydrogen-bond donors (Lipinski definition) is 0. The molecule has 1 aromatic heterocycles. The normalized spacial score (nSPS) is 14.4. The zero-order chi connectivity index (χ0) is 22.3. The molecule has 0 unspecified atom stereocenters. The maximum atomic E-state index is 12.7. The molecule has 168 valence electrons. The number of nitrogens with zero attached hydrogens (tertiary/aromatic N) is 3. The maximum Gasteiger partial charge on any atom is 0.222 e. The van der Waals surface area contributed by atoms with Gasteiger partial charge in [0.15, 0.2) is 11.5 Å². The molecule has 2 heterocycles. The smallest absolute Gasteiger partial charge is 0.222 e. The van der Waals surface area contributed by atoms with Crippen molar-refractivity contribution in [2.45, 2.75) is 19.4 Å². The molecule has 4 rings (SSSR count). The minimum Gasteiger partial charge on any atom is -0.493 e. The van der Waals surface area contributed by atoms with E-state index in [-0.39, 0.29) is 5.91 Å². The average Bonchev–Trinajstić information content (AvgIpc) is 3.31. The Morgan fingerprint density at radius 3 is 2.47 bits per heavy atom. The third-order valence-corrected chi connectivity index (χ3v) is 6.70. The summed E-state index contributed by atoms with van der Waals surface area (Å²) in [6, 6.07) is 16.1. The fourth-order valence-electron chi connectivity index (χ4n) is 3.92. The highest BCUT2D eigenvalue weighted by Gasteiger charge is 2.21. The zero-order valence-electron chi connectivity index (χ0n) is 18.6. The Morgan fingerprint density at radius 1 is 1.00 bits per heavy atom. The zero-order valence-corrected chi connectivity index (χ0v) is 19.4. The van der Waals surface area contributed by atoms with Gasteiger partial charge in [-0.25, -0.2) is 4.98 Å². The number of methoxy groups -OCH3 is 2. The van der Waals surface area contributed by atoms with Gasteiger partial charge in [0.1, 0.15) is 5.01 Å². The fraction of sp³-hybridized carbons (Fsp3) is 0.360. The molecule has 7 heteroatoms. The van der Waals surface area contributed by atoms with E-state index in [1.165, 1.54) is 0 Å². The number of carbonyl (C=O) groups excluding carboxylic acids is 1. The van der Waals surface area contributed by atoms with Gasteiger partial charge in [-0.3, -0.25) is 9.69 Å². The SMILES string of the molecule is COc1ccc(CCC(=O)N2CCN(Cc3csc(-c4ccccc4)n3)CC2)cc1OC. The highest BCUT2D eigenvalue weighted by molar-refractivity contribution is 7.13. The lowest BCUT2D eigenvalue weighted by Crippen LogP contribution is -2.48. The van der Waals surface area contributed by atoms with E-state index in [4.69, 9.17) is 14.5 Å². The van der Waals surface area contributed by atoms with Crippen molar-refractivity contribution in [3.63, 3.8) is 0 Å². The van der Waals surface area contributed by atoms with E-state index in [2.05, 4.69) is 22.4 Å². The van der Waals surface area contributed by atoms with Crippen LogP contribution in [0.2, 0.25) is 0 Å². The number of aromatic nitrogens is 1. The third-order valence-electron chi connectivity index (χ3n) is 5.76. The summed E-state index contributed by atoms with van der Waals surface area (Å²) in [6.07, 6.45) is 1.20. The second kappa shape index (κ2) is 10.6. The second-order valence-corrected chi connectivity index (χ2v) is 8.71. The van der Waals surface area contributed by atoms with Gasteiger partial charge in [0, 0.05) is 50.1 Å². The molecule has 0 saturated carbocycles. The molecule has 1 aliphatic rings. The van der Waals surface area contributed by atoms with Gasteiger partial charge in [-0.15, -0.1) is 11.3 Å². The summed E-state index contributed by atoms with van der Waals surface area (Å²) in [5, 5.41) is 3.20. The van der Waals surface area contributed by atoms with E-state index in [9.17, 15) is 4.79 Å².